The van der Waals surface area contributed by atoms with E-state index in [2.05, 4.69) is 51.8 Å². The first kappa shape index (κ1) is 27.7. The molecule has 0 aliphatic carbocycles. The molecule has 0 heterocycles. The average molecular weight is 441 g/mol. The summed E-state index contributed by atoms with van der Waals surface area (Å²) in [7, 11) is 0. The number of nitrogens with zero attached hydrogens (tertiary/aromatic N) is 1. The van der Waals surface area contributed by atoms with E-state index in [0.29, 0.717) is 5.56 Å². The van der Waals surface area contributed by atoms with Crippen molar-refractivity contribution in [1.82, 2.24) is 4.90 Å². The normalized spacial score (nSPS) is 11.5. The maximum atomic E-state index is 12.4. The molecule has 0 bridgehead atoms. The third-order valence-corrected chi connectivity index (χ3v) is 5.09. The molecule has 1 N–H and O–H groups in total. The Hall–Kier alpha value is -2.33. The first-order valence-corrected chi connectivity index (χ1v) is 12.0. The molecular formula is C28H44N2O2. The lowest BCUT2D eigenvalue weighted by Crippen LogP contribution is -2.41. The molecule has 32 heavy (non-hydrogen) atoms. The molecule has 0 radical (unpaired) electrons. The van der Waals surface area contributed by atoms with Crippen LogP contribution in [-0.2, 0) is 0 Å². The molecule has 4 nitrogen and oxygen atoms in total. The van der Waals surface area contributed by atoms with Crippen molar-refractivity contribution in [1.29, 1.82) is 0 Å². The van der Waals surface area contributed by atoms with Crippen molar-refractivity contribution >= 4 is 11.6 Å². The number of amides is 1. The topological polar surface area (TPSA) is 41.6 Å². The third kappa shape index (κ3) is 9.86. The van der Waals surface area contributed by atoms with Gasteiger partial charge in [0.2, 0.25) is 0 Å². The fourth-order valence-corrected chi connectivity index (χ4v) is 4.23. The van der Waals surface area contributed by atoms with Gasteiger partial charge in [0.25, 0.3) is 5.91 Å². The number of carbonyl (C=O) groups is 1. The van der Waals surface area contributed by atoms with Crippen LogP contribution in [0.4, 0.5) is 5.69 Å². The van der Waals surface area contributed by atoms with Crippen LogP contribution in [0.1, 0.15) is 78.6 Å². The lowest BCUT2D eigenvalue weighted by atomic mass is 9.81. The van der Waals surface area contributed by atoms with Gasteiger partial charge in [-0.2, -0.15) is 0 Å². The SMILES string of the molecule is CC.CCCN(CC)CC(C)(C)CC(C)(C)Oc1ccc(C(=O)Nc2ccccc2)cc1. The Morgan fingerprint density at radius 3 is 2.06 bits per heavy atom. The number of ether oxygens (including phenoxy) is 1. The number of benzene rings is 2. The van der Waals surface area contributed by atoms with Crippen LogP contribution in [0.15, 0.2) is 54.6 Å². The van der Waals surface area contributed by atoms with Crippen molar-refractivity contribution < 1.29 is 9.53 Å². The molecule has 178 valence electrons. The van der Waals surface area contributed by atoms with E-state index in [-0.39, 0.29) is 16.9 Å². The second kappa shape index (κ2) is 13.3. The molecule has 2 rings (SSSR count). The summed E-state index contributed by atoms with van der Waals surface area (Å²) in [5.74, 6) is 0.664. The van der Waals surface area contributed by atoms with Crippen molar-refractivity contribution in [2.45, 2.75) is 73.8 Å². The standard InChI is InChI=1S/C26H38N2O2.C2H6/c1-7-18-28(8-2)20-25(3,4)19-26(5,6)30-23-16-14-21(15-17-23)24(29)27-22-12-10-9-11-13-22;1-2/h9-17H,7-8,18-20H2,1-6H3,(H,27,29);1-2H3. The highest BCUT2D eigenvalue weighted by Crippen LogP contribution is 2.32. The van der Waals surface area contributed by atoms with Crippen molar-refractivity contribution in [3.05, 3.63) is 60.2 Å². The van der Waals surface area contributed by atoms with Gasteiger partial charge >= 0.3 is 0 Å². The zero-order valence-corrected chi connectivity index (χ0v) is 21.5. The maximum Gasteiger partial charge on any atom is 0.255 e. The molecule has 0 saturated heterocycles. The van der Waals surface area contributed by atoms with E-state index >= 15 is 0 Å². The summed E-state index contributed by atoms with van der Waals surface area (Å²) < 4.78 is 6.32. The Labute approximate surface area is 196 Å². The van der Waals surface area contributed by atoms with Crippen LogP contribution in [0.3, 0.4) is 0 Å². The highest BCUT2D eigenvalue weighted by molar-refractivity contribution is 6.04. The number of carbonyl (C=O) groups excluding carboxylic acids is 1. The van der Waals surface area contributed by atoms with Crippen LogP contribution in [0, 0.1) is 5.41 Å². The Morgan fingerprint density at radius 2 is 1.53 bits per heavy atom. The minimum absolute atomic E-state index is 0.122. The largest absolute Gasteiger partial charge is 0.488 e. The summed E-state index contributed by atoms with van der Waals surface area (Å²) in [4.78, 5) is 14.9. The zero-order chi connectivity index (χ0) is 24.2. The van der Waals surface area contributed by atoms with Gasteiger partial charge in [-0.3, -0.25) is 4.79 Å². The Bertz CT molecular complexity index is 783. The Morgan fingerprint density at radius 1 is 0.938 bits per heavy atom. The molecule has 1 amide bonds. The van der Waals surface area contributed by atoms with E-state index in [4.69, 9.17) is 4.74 Å². The van der Waals surface area contributed by atoms with Gasteiger partial charge in [0.15, 0.2) is 0 Å². The minimum atomic E-state index is -0.303. The summed E-state index contributed by atoms with van der Waals surface area (Å²) >= 11 is 0. The molecule has 0 saturated carbocycles. The van der Waals surface area contributed by atoms with E-state index in [1.807, 2.05) is 68.4 Å². The number of hydrogen-bond donors (Lipinski definition) is 1. The third-order valence-electron chi connectivity index (χ3n) is 5.09. The van der Waals surface area contributed by atoms with E-state index in [1.54, 1.807) is 0 Å². The molecule has 4 heteroatoms. The highest BCUT2D eigenvalue weighted by Gasteiger charge is 2.31. The van der Waals surface area contributed by atoms with Gasteiger partial charge in [-0.25, -0.2) is 0 Å². The summed E-state index contributed by atoms with van der Waals surface area (Å²) in [6.45, 7) is 20.6. The fraction of sp³-hybridized carbons (Fsp3) is 0.536. The van der Waals surface area contributed by atoms with Crippen molar-refractivity contribution in [2.24, 2.45) is 5.41 Å². The zero-order valence-electron chi connectivity index (χ0n) is 21.5. The lowest BCUT2D eigenvalue weighted by molar-refractivity contribution is 0.0408. The van der Waals surface area contributed by atoms with Crippen LogP contribution in [-0.4, -0.2) is 36.0 Å². The van der Waals surface area contributed by atoms with Crippen molar-refractivity contribution in [2.75, 3.05) is 25.0 Å². The molecule has 0 atom stereocenters. The van der Waals surface area contributed by atoms with E-state index in [1.165, 1.54) is 6.42 Å². The first-order valence-electron chi connectivity index (χ1n) is 12.0. The Kier molecular flexibility index (Phi) is 11.5. The quantitative estimate of drug-likeness (QED) is 0.399. The van der Waals surface area contributed by atoms with E-state index < -0.39 is 0 Å². The number of anilines is 1. The van der Waals surface area contributed by atoms with Crippen LogP contribution in [0.5, 0.6) is 5.75 Å². The number of nitrogens with one attached hydrogen (secondary N) is 1. The van der Waals surface area contributed by atoms with Gasteiger partial charge in [0.1, 0.15) is 11.4 Å². The molecular weight excluding hydrogens is 396 g/mol. The number of hydrogen-bond acceptors (Lipinski definition) is 3. The van der Waals surface area contributed by atoms with Gasteiger partial charge in [-0.1, -0.05) is 59.7 Å². The van der Waals surface area contributed by atoms with Gasteiger partial charge in [-0.05, 0) is 81.6 Å². The molecule has 0 spiro atoms. The summed E-state index contributed by atoms with van der Waals surface area (Å²) in [5, 5.41) is 2.91. The lowest BCUT2D eigenvalue weighted by Gasteiger charge is -2.38. The maximum absolute atomic E-state index is 12.4. The number of para-hydroxylation sites is 1. The van der Waals surface area contributed by atoms with Crippen molar-refractivity contribution in [3.8, 4) is 5.75 Å². The molecule has 2 aromatic carbocycles. The molecule has 0 aliphatic rings. The molecule has 0 unspecified atom stereocenters. The summed E-state index contributed by atoms with van der Waals surface area (Å²) in [6.07, 6.45) is 2.12. The molecule has 2 aromatic rings. The highest BCUT2D eigenvalue weighted by atomic mass is 16.5. The second-order valence-electron chi connectivity index (χ2n) is 9.42. The minimum Gasteiger partial charge on any atom is -0.488 e. The average Bonchev–Trinajstić information content (AvgIpc) is 2.74. The van der Waals surface area contributed by atoms with Crippen molar-refractivity contribution in [3.63, 3.8) is 0 Å². The number of rotatable bonds is 11. The predicted molar refractivity (Wildman–Crippen MR) is 138 cm³/mol. The first-order chi connectivity index (χ1) is 15.1. The van der Waals surface area contributed by atoms with Crippen LogP contribution >= 0.6 is 0 Å². The fourth-order valence-electron chi connectivity index (χ4n) is 4.23. The predicted octanol–water partition coefficient (Wildman–Crippen LogP) is 7.27. The van der Waals surface area contributed by atoms with Gasteiger partial charge < -0.3 is 15.0 Å². The van der Waals surface area contributed by atoms with Crippen LogP contribution in [0.2, 0.25) is 0 Å². The smallest absolute Gasteiger partial charge is 0.255 e. The summed E-state index contributed by atoms with van der Waals surface area (Å²) in [6, 6.07) is 16.9. The monoisotopic (exact) mass is 440 g/mol. The van der Waals surface area contributed by atoms with Crippen LogP contribution in [0.25, 0.3) is 0 Å². The van der Waals surface area contributed by atoms with E-state index in [0.717, 1.165) is 37.5 Å². The Balaban J connectivity index is 0.00000249. The van der Waals surface area contributed by atoms with Gasteiger partial charge in [0.05, 0.1) is 0 Å². The molecule has 0 aliphatic heterocycles. The molecule has 0 aromatic heterocycles. The van der Waals surface area contributed by atoms with E-state index in [9.17, 15) is 4.79 Å². The molecule has 0 fully saturated rings. The van der Waals surface area contributed by atoms with Gasteiger partial charge in [-0.15, -0.1) is 0 Å². The summed E-state index contributed by atoms with van der Waals surface area (Å²) in [5.41, 5.74) is 1.24. The van der Waals surface area contributed by atoms with Gasteiger partial charge in [0, 0.05) is 17.8 Å². The van der Waals surface area contributed by atoms with Crippen LogP contribution < -0.4 is 10.1 Å². The second-order valence-corrected chi connectivity index (χ2v) is 9.42.